The van der Waals surface area contributed by atoms with Gasteiger partial charge in [-0.2, -0.15) is 0 Å². The quantitative estimate of drug-likeness (QED) is 0.277. The van der Waals surface area contributed by atoms with Gasteiger partial charge in [0.25, 0.3) is 0 Å². The number of hydrogen-bond donors (Lipinski definition) is 3. The summed E-state index contributed by atoms with van der Waals surface area (Å²) in [6, 6.07) is 15.4. The number of benzene rings is 2. The molecule has 0 amide bonds. The van der Waals surface area contributed by atoms with Crippen LogP contribution in [0.5, 0.6) is 0 Å². The van der Waals surface area contributed by atoms with Gasteiger partial charge in [0.1, 0.15) is 6.23 Å². The van der Waals surface area contributed by atoms with E-state index in [1.807, 2.05) is 66.8 Å². The Kier molecular flexibility index (Phi) is 9.71. The number of aliphatic hydroxyl groups excluding tert-OH is 1. The molecular formula is C29H33N3O4S. The average Bonchev–Trinajstić information content (AvgIpc) is 2.91. The Labute approximate surface area is 219 Å². The van der Waals surface area contributed by atoms with Crippen molar-refractivity contribution in [2.75, 3.05) is 11.5 Å². The van der Waals surface area contributed by atoms with Crippen molar-refractivity contribution < 1.29 is 19.2 Å². The minimum absolute atomic E-state index is 0.00580. The van der Waals surface area contributed by atoms with Crippen LogP contribution in [0.25, 0.3) is 22.3 Å². The van der Waals surface area contributed by atoms with Gasteiger partial charge in [-0.05, 0) is 49.8 Å². The number of aliphatic carboxylic acids is 1. The normalized spacial score (nSPS) is 20.8. The molecule has 8 heteroatoms. The number of allylic oxidation sites excluding steroid dienone is 2. The number of aliphatic hydroxyl groups is 1. The van der Waals surface area contributed by atoms with E-state index in [1.165, 1.54) is 0 Å². The summed E-state index contributed by atoms with van der Waals surface area (Å²) in [6.07, 6.45) is 10.4. The first kappa shape index (κ1) is 26.9. The highest BCUT2D eigenvalue weighted by molar-refractivity contribution is 7.85. The highest BCUT2D eigenvalue weighted by Crippen LogP contribution is 2.26. The van der Waals surface area contributed by atoms with Gasteiger partial charge in [-0.25, -0.2) is 9.97 Å². The lowest BCUT2D eigenvalue weighted by Gasteiger charge is -2.22. The van der Waals surface area contributed by atoms with Gasteiger partial charge in [0.2, 0.25) is 0 Å². The van der Waals surface area contributed by atoms with Crippen molar-refractivity contribution in [2.24, 2.45) is 0 Å². The number of aromatic nitrogens is 2. The van der Waals surface area contributed by atoms with Crippen molar-refractivity contribution in [3.63, 3.8) is 0 Å². The minimum atomic E-state index is -0.907. The molecule has 4 rings (SSSR count). The number of fused-ring (bicyclic) bond motifs is 1. The van der Waals surface area contributed by atoms with Crippen LogP contribution in [0.2, 0.25) is 0 Å². The first-order chi connectivity index (χ1) is 18.0. The van der Waals surface area contributed by atoms with Crippen LogP contribution in [0.3, 0.4) is 0 Å². The summed E-state index contributed by atoms with van der Waals surface area (Å²) in [6.45, 7) is 0. The molecule has 37 heavy (non-hydrogen) atoms. The van der Waals surface area contributed by atoms with Crippen LogP contribution in [0.15, 0.2) is 72.8 Å². The topological polar surface area (TPSA) is 112 Å². The van der Waals surface area contributed by atoms with E-state index in [0.29, 0.717) is 48.3 Å². The largest absolute Gasteiger partial charge is 0.481 e. The van der Waals surface area contributed by atoms with Gasteiger partial charge < -0.3 is 10.2 Å². The number of carboxylic acids is 1. The molecule has 0 aliphatic carbocycles. The van der Waals surface area contributed by atoms with Crippen LogP contribution < -0.4 is 5.32 Å². The van der Waals surface area contributed by atoms with Crippen LogP contribution in [-0.2, 0) is 22.0 Å². The van der Waals surface area contributed by atoms with Crippen LogP contribution >= 0.6 is 0 Å². The van der Waals surface area contributed by atoms with E-state index in [2.05, 4.69) is 11.4 Å². The summed E-state index contributed by atoms with van der Waals surface area (Å²) in [5.41, 5.74) is 4.68. The highest BCUT2D eigenvalue weighted by atomic mass is 32.2. The molecule has 1 aliphatic rings. The molecular weight excluding hydrogens is 486 g/mol. The molecule has 3 aromatic rings. The number of hydrogen-bond acceptors (Lipinski definition) is 6. The summed E-state index contributed by atoms with van der Waals surface area (Å²) in [7, 11) is -0.907. The molecule has 0 bridgehead atoms. The summed E-state index contributed by atoms with van der Waals surface area (Å²) < 4.78 is 12.1. The zero-order valence-electron chi connectivity index (χ0n) is 20.8. The van der Waals surface area contributed by atoms with Crippen LogP contribution in [0.4, 0.5) is 0 Å². The fourth-order valence-corrected chi connectivity index (χ4v) is 5.40. The number of rotatable bonds is 9. The molecule has 2 heterocycles. The molecule has 1 aliphatic heterocycles. The molecule has 0 spiro atoms. The number of unbranched alkanes of at least 4 members (excludes halogenated alkanes) is 1. The first-order valence-corrected chi connectivity index (χ1v) is 14.2. The Bertz CT molecular complexity index is 1290. The van der Waals surface area contributed by atoms with E-state index in [1.54, 1.807) is 0 Å². The fourth-order valence-electron chi connectivity index (χ4n) is 4.36. The van der Waals surface area contributed by atoms with Gasteiger partial charge in [0, 0.05) is 40.3 Å². The van der Waals surface area contributed by atoms with Crippen LogP contribution in [-0.4, -0.2) is 47.9 Å². The Balaban J connectivity index is 1.57. The number of aryl methyl sites for hydroxylation is 1. The number of carboxylic acid groups (broad SMARTS) is 1. The standard InChI is InChI=1S/C29H33N3O4S/c33-27(34)14-8-7-13-25-28(21-10-4-3-5-11-21)32-24-16-15-22(20-26(24)31-25)29(35)30-23-12-6-1-2-9-18-37(36)19-17-23/h1-6,9-11,15-16,20,23,29-30,35H,7-8,12-14,17-19H2,(H,33,34)/b6-1-,9-2-/t23-,29?,37?/m0/s1. The van der Waals surface area contributed by atoms with Gasteiger partial charge in [0.15, 0.2) is 0 Å². The molecule has 3 atom stereocenters. The molecule has 194 valence electrons. The second kappa shape index (κ2) is 13.4. The summed E-state index contributed by atoms with van der Waals surface area (Å²) in [5, 5.41) is 23.2. The van der Waals surface area contributed by atoms with E-state index < -0.39 is 23.0 Å². The molecule has 7 nitrogen and oxygen atoms in total. The van der Waals surface area contributed by atoms with Crippen molar-refractivity contribution in [1.29, 1.82) is 0 Å². The molecule has 1 aromatic heterocycles. The average molecular weight is 520 g/mol. The van der Waals surface area contributed by atoms with Gasteiger partial charge >= 0.3 is 5.97 Å². The number of nitrogens with one attached hydrogen (secondary N) is 1. The zero-order chi connectivity index (χ0) is 26.0. The monoisotopic (exact) mass is 519 g/mol. The molecule has 0 saturated carbocycles. The third-order valence-electron chi connectivity index (χ3n) is 6.35. The number of carbonyl (C=O) groups is 1. The number of nitrogens with zero attached hydrogens (tertiary/aromatic N) is 2. The SMILES string of the molecule is O=C(O)CCCCc1nc2cc(C(O)N[C@H]3C/C=C\C=C/CS(=O)CC3)ccc2nc1-c1ccccc1. The second-order valence-electron chi connectivity index (χ2n) is 9.19. The molecule has 0 fully saturated rings. The van der Waals surface area contributed by atoms with E-state index in [4.69, 9.17) is 15.1 Å². The summed E-state index contributed by atoms with van der Waals surface area (Å²) >= 11 is 0. The van der Waals surface area contributed by atoms with E-state index >= 15 is 0 Å². The third kappa shape index (κ3) is 7.89. The lowest BCUT2D eigenvalue weighted by Crippen LogP contribution is -2.34. The van der Waals surface area contributed by atoms with Gasteiger partial charge in [-0.3, -0.25) is 14.3 Å². The van der Waals surface area contributed by atoms with Crippen molar-refractivity contribution in [2.45, 2.75) is 50.8 Å². The van der Waals surface area contributed by atoms with Crippen LogP contribution in [0.1, 0.15) is 49.6 Å². The smallest absolute Gasteiger partial charge is 0.303 e. The maximum absolute atomic E-state index is 12.1. The second-order valence-corrected chi connectivity index (χ2v) is 10.8. The predicted octanol–water partition coefficient (Wildman–Crippen LogP) is 4.70. The molecule has 3 N–H and O–H groups in total. The van der Waals surface area contributed by atoms with Gasteiger partial charge in [0.05, 0.1) is 22.4 Å². The predicted molar refractivity (Wildman–Crippen MR) is 147 cm³/mol. The summed E-state index contributed by atoms with van der Waals surface area (Å²) in [5.74, 6) is 0.332. The van der Waals surface area contributed by atoms with Crippen LogP contribution in [0, 0.1) is 0 Å². The van der Waals surface area contributed by atoms with Crippen molar-refractivity contribution in [1.82, 2.24) is 15.3 Å². The molecule has 2 unspecified atom stereocenters. The third-order valence-corrected chi connectivity index (χ3v) is 7.61. The molecule has 0 saturated heterocycles. The lowest BCUT2D eigenvalue weighted by molar-refractivity contribution is -0.137. The Hall–Kier alpha value is -3.20. The van der Waals surface area contributed by atoms with E-state index in [9.17, 15) is 14.1 Å². The Morgan fingerprint density at radius 3 is 2.68 bits per heavy atom. The zero-order valence-corrected chi connectivity index (χ0v) is 21.6. The van der Waals surface area contributed by atoms with Crippen molar-refractivity contribution in [3.8, 4) is 11.3 Å². The fraction of sp³-hybridized carbons (Fsp3) is 0.345. The maximum atomic E-state index is 12.1. The Morgan fingerprint density at radius 1 is 1.05 bits per heavy atom. The van der Waals surface area contributed by atoms with Crippen molar-refractivity contribution in [3.05, 3.63) is 84.1 Å². The van der Waals surface area contributed by atoms with E-state index in [0.717, 1.165) is 28.9 Å². The molecule has 2 aromatic carbocycles. The molecule has 0 radical (unpaired) electrons. The highest BCUT2D eigenvalue weighted by Gasteiger charge is 2.17. The van der Waals surface area contributed by atoms with Gasteiger partial charge in [-0.15, -0.1) is 0 Å². The van der Waals surface area contributed by atoms with Crippen molar-refractivity contribution >= 4 is 27.8 Å². The van der Waals surface area contributed by atoms with E-state index in [-0.39, 0.29) is 12.5 Å². The lowest BCUT2D eigenvalue weighted by atomic mass is 10.0. The maximum Gasteiger partial charge on any atom is 0.303 e. The minimum Gasteiger partial charge on any atom is -0.481 e. The summed E-state index contributed by atoms with van der Waals surface area (Å²) in [4.78, 5) is 20.7. The Morgan fingerprint density at radius 2 is 1.86 bits per heavy atom. The first-order valence-electron chi connectivity index (χ1n) is 12.7. The van der Waals surface area contributed by atoms with Gasteiger partial charge in [-0.1, -0.05) is 60.7 Å².